The molecule has 0 radical (unpaired) electrons. The molecule has 0 aromatic heterocycles. The van der Waals surface area contributed by atoms with Crippen LogP contribution >= 0.6 is 15.9 Å². The van der Waals surface area contributed by atoms with Gasteiger partial charge >= 0.3 is 6.09 Å². The lowest BCUT2D eigenvalue weighted by atomic mass is 9.99. The van der Waals surface area contributed by atoms with E-state index < -0.39 is 15.6 Å². The Hall–Kier alpha value is -1.12. The normalized spacial score (nSPS) is 18.9. The summed E-state index contributed by atoms with van der Waals surface area (Å²) in [7, 11) is -3.55. The number of hydrogen-bond donors (Lipinski definition) is 1. The van der Waals surface area contributed by atoms with Crippen LogP contribution < -0.4 is 4.72 Å². The number of nitrogens with zero attached hydrogens (tertiary/aromatic N) is 1. The number of halogens is 1. The molecule has 25 heavy (non-hydrogen) atoms. The Morgan fingerprint density at radius 2 is 1.96 bits per heavy atom. The summed E-state index contributed by atoms with van der Waals surface area (Å²) in [5, 5.41) is 0. The second kappa shape index (κ2) is 8.05. The fourth-order valence-electron chi connectivity index (χ4n) is 2.65. The highest BCUT2D eigenvalue weighted by Gasteiger charge is 2.28. The highest BCUT2D eigenvalue weighted by molar-refractivity contribution is 9.10. The molecule has 140 valence electrons. The maximum absolute atomic E-state index is 12.4. The van der Waals surface area contributed by atoms with Gasteiger partial charge in [-0.1, -0.05) is 15.9 Å². The molecule has 1 aliphatic rings. The average Bonchev–Trinajstić information content (AvgIpc) is 2.52. The summed E-state index contributed by atoms with van der Waals surface area (Å²) in [4.78, 5) is 14.1. The van der Waals surface area contributed by atoms with Gasteiger partial charge < -0.3 is 9.64 Å². The molecule has 0 aliphatic carbocycles. The number of ether oxygens (including phenoxy) is 1. The molecule has 0 spiro atoms. The first kappa shape index (κ1) is 20.2. The highest BCUT2D eigenvalue weighted by atomic mass is 79.9. The molecule has 1 aromatic carbocycles. The average molecular weight is 433 g/mol. The summed E-state index contributed by atoms with van der Waals surface area (Å²) in [6.07, 6.45) is 1.37. The van der Waals surface area contributed by atoms with Crippen molar-refractivity contribution in [1.29, 1.82) is 0 Å². The van der Waals surface area contributed by atoms with E-state index in [-0.39, 0.29) is 16.9 Å². The maximum Gasteiger partial charge on any atom is 0.410 e. The van der Waals surface area contributed by atoms with Crippen LogP contribution in [0.25, 0.3) is 0 Å². The Kier molecular flexibility index (Phi) is 6.51. The van der Waals surface area contributed by atoms with Crippen molar-refractivity contribution < 1.29 is 17.9 Å². The van der Waals surface area contributed by atoms with Gasteiger partial charge in [-0.15, -0.1) is 0 Å². The Labute approximate surface area is 158 Å². The number of sulfonamides is 1. The van der Waals surface area contributed by atoms with Crippen LogP contribution in [0.2, 0.25) is 0 Å². The zero-order valence-corrected chi connectivity index (χ0v) is 17.2. The molecule has 1 aromatic rings. The second-order valence-corrected chi connectivity index (χ2v) is 9.92. The lowest BCUT2D eigenvalue weighted by Gasteiger charge is -2.34. The molecule has 0 saturated carbocycles. The smallest absolute Gasteiger partial charge is 0.410 e. The summed E-state index contributed by atoms with van der Waals surface area (Å²) >= 11 is 3.29. The Morgan fingerprint density at radius 1 is 1.32 bits per heavy atom. The van der Waals surface area contributed by atoms with Gasteiger partial charge in [-0.05, 0) is 63.8 Å². The minimum absolute atomic E-state index is 0.0755. The predicted octanol–water partition coefficient (Wildman–Crippen LogP) is 3.37. The van der Waals surface area contributed by atoms with Gasteiger partial charge in [-0.3, -0.25) is 0 Å². The van der Waals surface area contributed by atoms with Crippen molar-refractivity contribution >= 4 is 32.0 Å². The lowest BCUT2D eigenvalue weighted by Crippen LogP contribution is -2.45. The van der Waals surface area contributed by atoms with Crippen LogP contribution in [0.15, 0.2) is 33.6 Å². The summed E-state index contributed by atoms with van der Waals surface area (Å²) in [5.41, 5.74) is -0.535. The van der Waals surface area contributed by atoms with E-state index in [0.717, 1.165) is 17.3 Å². The molecule has 0 bridgehead atoms. The van der Waals surface area contributed by atoms with E-state index in [1.807, 2.05) is 20.8 Å². The van der Waals surface area contributed by atoms with E-state index in [4.69, 9.17) is 4.74 Å². The summed E-state index contributed by atoms with van der Waals surface area (Å²) in [5.74, 6) is 0.0755. The van der Waals surface area contributed by atoms with E-state index in [0.29, 0.717) is 19.6 Å². The predicted molar refractivity (Wildman–Crippen MR) is 99.9 cm³/mol. The molecule has 1 N–H and O–H groups in total. The van der Waals surface area contributed by atoms with E-state index in [9.17, 15) is 13.2 Å². The zero-order chi connectivity index (χ0) is 18.7. The fraction of sp³-hybridized carbons (Fsp3) is 0.588. The standard InChI is InChI=1S/C17H25BrN2O4S/c1-17(2,3)24-16(21)20-10-4-5-13(12-20)11-19-25(22,23)15-8-6-14(18)7-9-15/h6-9,13,19H,4-5,10-12H2,1-3H3/t13-/m0/s1. The molecule has 0 unspecified atom stereocenters. The topological polar surface area (TPSA) is 75.7 Å². The van der Waals surface area contributed by atoms with Crippen molar-refractivity contribution in [3.8, 4) is 0 Å². The third kappa shape index (κ3) is 6.27. The van der Waals surface area contributed by atoms with Gasteiger partial charge in [0.25, 0.3) is 0 Å². The Bertz CT molecular complexity index is 698. The van der Waals surface area contributed by atoms with Crippen LogP contribution in [0.3, 0.4) is 0 Å². The molecule has 1 saturated heterocycles. The molecule has 1 heterocycles. The monoisotopic (exact) mass is 432 g/mol. The third-order valence-electron chi connectivity index (χ3n) is 3.86. The van der Waals surface area contributed by atoms with Crippen LogP contribution in [0.1, 0.15) is 33.6 Å². The van der Waals surface area contributed by atoms with Crippen molar-refractivity contribution in [2.75, 3.05) is 19.6 Å². The number of likely N-dealkylation sites (tertiary alicyclic amines) is 1. The van der Waals surface area contributed by atoms with Gasteiger partial charge in [0.15, 0.2) is 0 Å². The van der Waals surface area contributed by atoms with Crippen molar-refractivity contribution in [3.05, 3.63) is 28.7 Å². The number of amides is 1. The molecule has 1 amide bonds. The number of carbonyl (C=O) groups excluding carboxylic acids is 1. The largest absolute Gasteiger partial charge is 0.444 e. The van der Waals surface area contributed by atoms with Crippen LogP contribution in [-0.4, -0.2) is 44.6 Å². The number of piperidine rings is 1. The molecule has 6 nitrogen and oxygen atoms in total. The first-order chi connectivity index (χ1) is 11.6. The van der Waals surface area contributed by atoms with Gasteiger partial charge in [-0.25, -0.2) is 17.9 Å². The summed E-state index contributed by atoms with van der Waals surface area (Å²) in [6.45, 7) is 6.94. The van der Waals surface area contributed by atoms with E-state index in [1.165, 1.54) is 0 Å². The first-order valence-electron chi connectivity index (χ1n) is 8.30. The number of rotatable bonds is 4. The molecule has 2 rings (SSSR count). The van der Waals surface area contributed by atoms with Crippen LogP contribution in [0.4, 0.5) is 4.79 Å². The van der Waals surface area contributed by atoms with E-state index in [1.54, 1.807) is 29.2 Å². The molecule has 8 heteroatoms. The number of carbonyl (C=O) groups is 1. The molecular formula is C17H25BrN2O4S. The molecule has 1 atom stereocenters. The maximum atomic E-state index is 12.4. The Morgan fingerprint density at radius 3 is 2.56 bits per heavy atom. The lowest BCUT2D eigenvalue weighted by molar-refractivity contribution is 0.0169. The SMILES string of the molecule is CC(C)(C)OC(=O)N1CCC[C@@H](CNS(=O)(=O)c2ccc(Br)cc2)C1. The minimum atomic E-state index is -3.55. The van der Waals surface area contributed by atoms with Crippen LogP contribution in [0.5, 0.6) is 0 Å². The van der Waals surface area contributed by atoms with Gasteiger partial charge in [0.05, 0.1) is 4.90 Å². The molecule has 1 fully saturated rings. The van der Waals surface area contributed by atoms with E-state index >= 15 is 0 Å². The fourth-order valence-corrected chi connectivity index (χ4v) is 4.03. The van der Waals surface area contributed by atoms with Crippen molar-refractivity contribution in [1.82, 2.24) is 9.62 Å². The minimum Gasteiger partial charge on any atom is -0.444 e. The third-order valence-corrected chi connectivity index (χ3v) is 5.82. The van der Waals surface area contributed by atoms with Crippen LogP contribution in [-0.2, 0) is 14.8 Å². The number of hydrogen-bond acceptors (Lipinski definition) is 4. The van der Waals surface area contributed by atoms with Gasteiger partial charge in [0.2, 0.25) is 10.0 Å². The summed E-state index contributed by atoms with van der Waals surface area (Å²) in [6, 6.07) is 6.50. The van der Waals surface area contributed by atoms with Gasteiger partial charge in [-0.2, -0.15) is 0 Å². The Balaban J connectivity index is 1.92. The number of benzene rings is 1. The van der Waals surface area contributed by atoms with Crippen LogP contribution in [0, 0.1) is 5.92 Å². The second-order valence-electron chi connectivity index (χ2n) is 7.24. The highest BCUT2D eigenvalue weighted by Crippen LogP contribution is 2.20. The molecular weight excluding hydrogens is 408 g/mol. The van der Waals surface area contributed by atoms with Crippen molar-refractivity contribution in [2.24, 2.45) is 5.92 Å². The van der Waals surface area contributed by atoms with E-state index in [2.05, 4.69) is 20.7 Å². The van der Waals surface area contributed by atoms with Crippen molar-refractivity contribution in [2.45, 2.75) is 44.1 Å². The number of nitrogens with one attached hydrogen (secondary N) is 1. The zero-order valence-electron chi connectivity index (χ0n) is 14.8. The van der Waals surface area contributed by atoms with Crippen molar-refractivity contribution in [3.63, 3.8) is 0 Å². The summed E-state index contributed by atoms with van der Waals surface area (Å²) < 4.78 is 33.6. The quantitative estimate of drug-likeness (QED) is 0.790. The van der Waals surface area contributed by atoms with Gasteiger partial charge in [0, 0.05) is 24.1 Å². The first-order valence-corrected chi connectivity index (χ1v) is 10.6. The molecule has 1 aliphatic heterocycles. The van der Waals surface area contributed by atoms with Gasteiger partial charge in [0.1, 0.15) is 5.60 Å².